The van der Waals surface area contributed by atoms with Crippen LogP contribution in [0.5, 0.6) is 0 Å². The second kappa shape index (κ2) is 9.84. The average molecular weight is 510 g/mol. The third-order valence-electron chi connectivity index (χ3n) is 7.68. The molecule has 3 aliphatic rings. The van der Waals surface area contributed by atoms with Gasteiger partial charge in [0.15, 0.2) is 10.9 Å². The Kier molecular flexibility index (Phi) is 6.07. The Hall–Kier alpha value is -3.35. The van der Waals surface area contributed by atoms with Crippen molar-refractivity contribution in [2.75, 3.05) is 31.1 Å². The maximum Gasteiger partial charge on any atom is 0.244 e. The summed E-state index contributed by atoms with van der Waals surface area (Å²) in [4.78, 5) is 10.1. The van der Waals surface area contributed by atoms with E-state index in [1.54, 1.807) is 6.26 Å². The first-order valence-corrected chi connectivity index (χ1v) is 14.1. The summed E-state index contributed by atoms with van der Waals surface area (Å²) in [5, 5.41) is 1.19. The van der Waals surface area contributed by atoms with Gasteiger partial charge in [0.2, 0.25) is 6.29 Å². The largest absolute Gasteiger partial charge is 0.458 e. The Labute approximate surface area is 222 Å². The van der Waals surface area contributed by atoms with Gasteiger partial charge in [-0.1, -0.05) is 78.1 Å². The monoisotopic (exact) mass is 509 g/mol. The summed E-state index contributed by atoms with van der Waals surface area (Å²) in [7, 11) is 0. The van der Waals surface area contributed by atoms with Crippen molar-refractivity contribution in [3.8, 4) is 0 Å². The fourth-order valence-electron chi connectivity index (χ4n) is 6.07. The fourth-order valence-corrected chi connectivity index (χ4v) is 7.05. The van der Waals surface area contributed by atoms with Crippen LogP contribution in [-0.2, 0) is 22.4 Å². The molecular formula is C31H31N3O2S. The number of piperidine rings is 2. The van der Waals surface area contributed by atoms with Crippen LogP contribution in [0.1, 0.15) is 23.1 Å². The summed E-state index contributed by atoms with van der Waals surface area (Å²) in [5.74, 6) is 2.22. The van der Waals surface area contributed by atoms with Gasteiger partial charge < -0.3 is 14.4 Å². The van der Waals surface area contributed by atoms with Gasteiger partial charge in [-0.25, -0.2) is 4.98 Å². The quantitative estimate of drug-likeness (QED) is 0.311. The Balaban J connectivity index is 0.944. The van der Waals surface area contributed by atoms with Crippen LogP contribution in [0.4, 0.5) is 5.13 Å². The van der Waals surface area contributed by atoms with Crippen molar-refractivity contribution in [1.82, 2.24) is 9.88 Å². The normalized spacial score (nSPS) is 23.5. The predicted octanol–water partition coefficient (Wildman–Crippen LogP) is 6.17. The first-order valence-electron chi connectivity index (χ1n) is 13.2. The highest BCUT2D eigenvalue weighted by molar-refractivity contribution is 7.22. The molecule has 0 aliphatic carbocycles. The van der Waals surface area contributed by atoms with Gasteiger partial charge in [0.25, 0.3) is 0 Å². The van der Waals surface area contributed by atoms with E-state index in [4.69, 9.17) is 14.5 Å². The van der Waals surface area contributed by atoms with Crippen molar-refractivity contribution >= 4 is 32.4 Å². The Bertz CT molecular complexity index is 1350. The summed E-state index contributed by atoms with van der Waals surface area (Å²) < 4.78 is 13.1. The Morgan fingerprint density at radius 1 is 0.811 bits per heavy atom. The molecule has 3 aliphatic heterocycles. The molecular weight excluding hydrogens is 478 g/mol. The molecule has 1 aromatic heterocycles. The van der Waals surface area contributed by atoms with E-state index >= 15 is 0 Å². The van der Waals surface area contributed by atoms with E-state index in [0.717, 1.165) is 56.0 Å². The van der Waals surface area contributed by atoms with Crippen LogP contribution in [-0.4, -0.2) is 42.4 Å². The highest BCUT2D eigenvalue weighted by Gasteiger charge is 2.35. The van der Waals surface area contributed by atoms with Crippen LogP contribution in [0.25, 0.3) is 16.0 Å². The third-order valence-corrected chi connectivity index (χ3v) is 8.78. The summed E-state index contributed by atoms with van der Waals surface area (Å²) >= 11 is 1.84. The molecule has 0 saturated carbocycles. The van der Waals surface area contributed by atoms with E-state index in [2.05, 4.69) is 70.5 Å². The zero-order chi connectivity index (χ0) is 24.6. The summed E-state index contributed by atoms with van der Waals surface area (Å²) in [5.41, 5.74) is 4.76. The van der Waals surface area contributed by atoms with E-state index < -0.39 is 0 Å². The van der Waals surface area contributed by atoms with Crippen molar-refractivity contribution in [3.63, 3.8) is 0 Å². The molecule has 0 N–H and O–H groups in total. The number of likely N-dealkylation sites (tertiary alicyclic amines) is 1. The highest BCUT2D eigenvalue weighted by Crippen LogP contribution is 2.36. The number of hydrogen-bond donors (Lipinski definition) is 0. The maximum atomic E-state index is 6.08. The first-order chi connectivity index (χ1) is 18.2. The van der Waals surface area contributed by atoms with Crippen molar-refractivity contribution in [1.29, 1.82) is 0 Å². The topological polar surface area (TPSA) is 37.8 Å². The molecule has 4 aromatic rings. The second-order valence-corrected chi connectivity index (χ2v) is 11.6. The minimum atomic E-state index is -0.257. The zero-order valence-corrected chi connectivity index (χ0v) is 21.6. The number of thiazole rings is 1. The molecule has 6 heteroatoms. The molecule has 188 valence electrons. The number of nitrogens with zero attached hydrogens (tertiary/aromatic N) is 3. The van der Waals surface area contributed by atoms with Gasteiger partial charge in [-0.3, -0.25) is 4.90 Å². The van der Waals surface area contributed by atoms with Crippen LogP contribution < -0.4 is 4.90 Å². The van der Waals surface area contributed by atoms with Gasteiger partial charge in [-0.2, -0.15) is 0 Å². The lowest BCUT2D eigenvalue weighted by atomic mass is 9.84. The molecule has 0 spiro atoms. The van der Waals surface area contributed by atoms with Crippen molar-refractivity contribution in [2.45, 2.75) is 25.7 Å². The van der Waals surface area contributed by atoms with Gasteiger partial charge >= 0.3 is 0 Å². The Morgan fingerprint density at radius 3 is 2.35 bits per heavy atom. The lowest BCUT2D eigenvalue weighted by Gasteiger charge is -2.45. The summed E-state index contributed by atoms with van der Waals surface area (Å²) in [6.45, 7) is 5.54. The highest BCUT2D eigenvalue weighted by atomic mass is 32.1. The van der Waals surface area contributed by atoms with E-state index in [0.29, 0.717) is 11.8 Å². The van der Waals surface area contributed by atoms with Gasteiger partial charge in [-0.15, -0.1) is 0 Å². The number of para-hydroxylation sites is 1. The van der Waals surface area contributed by atoms with Crippen LogP contribution in [0.3, 0.4) is 0 Å². The van der Waals surface area contributed by atoms with Gasteiger partial charge in [-0.05, 0) is 41.5 Å². The molecule has 0 amide bonds. The molecule has 3 aromatic carbocycles. The molecule has 3 atom stereocenters. The number of fused-ring (bicyclic) bond motifs is 3. The molecule has 37 heavy (non-hydrogen) atoms. The van der Waals surface area contributed by atoms with E-state index in [9.17, 15) is 0 Å². The second-order valence-electron chi connectivity index (χ2n) is 10.6. The number of ether oxygens (including phenoxy) is 2. The lowest BCUT2D eigenvalue weighted by molar-refractivity contribution is -0.0136. The third kappa shape index (κ3) is 4.96. The van der Waals surface area contributed by atoms with Crippen LogP contribution >= 0.6 is 11.3 Å². The van der Waals surface area contributed by atoms with Gasteiger partial charge in [0, 0.05) is 44.7 Å². The number of benzene rings is 3. The van der Waals surface area contributed by atoms with Crippen molar-refractivity contribution in [3.05, 3.63) is 102 Å². The minimum absolute atomic E-state index is 0.257. The molecule has 0 radical (unpaired) electrons. The molecule has 2 saturated heterocycles. The van der Waals surface area contributed by atoms with E-state index in [1.165, 1.54) is 27.4 Å². The van der Waals surface area contributed by atoms with E-state index in [1.807, 2.05) is 29.5 Å². The van der Waals surface area contributed by atoms with Crippen LogP contribution in [0, 0.1) is 11.8 Å². The maximum absolute atomic E-state index is 6.08. The van der Waals surface area contributed by atoms with Crippen LogP contribution in [0.2, 0.25) is 0 Å². The van der Waals surface area contributed by atoms with Crippen molar-refractivity contribution < 1.29 is 9.47 Å². The number of anilines is 1. The molecule has 5 nitrogen and oxygen atoms in total. The summed E-state index contributed by atoms with van der Waals surface area (Å²) in [6.07, 6.45) is 3.58. The SMILES string of the molecule is C1=C(c2ccc(CN3CC4CC(C3)CN(c3nc5ccccc5s3)C4)cc2)OC(Cc2ccccc2)O1. The first kappa shape index (κ1) is 22.8. The standard InChI is InChI=1S/C31H31N3O2S/c1-2-6-22(7-3-1)15-30-35-21-28(36-30)26-12-10-23(11-13-26)16-33-17-24-14-25(18-33)20-34(19-24)31-32-27-8-4-5-9-29(27)37-31/h1-13,21,24-25,30H,14-20H2. The number of hydrogen-bond acceptors (Lipinski definition) is 6. The molecule has 3 unspecified atom stereocenters. The summed E-state index contributed by atoms with van der Waals surface area (Å²) in [6, 6.07) is 27.6. The number of aromatic nitrogens is 1. The average Bonchev–Trinajstić information content (AvgIpc) is 3.57. The Morgan fingerprint density at radius 2 is 1.57 bits per heavy atom. The lowest BCUT2D eigenvalue weighted by Crippen LogP contribution is -2.52. The molecule has 4 heterocycles. The molecule has 2 fully saturated rings. The fraction of sp³-hybridized carbons (Fsp3) is 0.323. The molecule has 2 bridgehead atoms. The van der Waals surface area contributed by atoms with E-state index in [-0.39, 0.29) is 6.29 Å². The molecule has 7 rings (SSSR count). The number of rotatable bonds is 6. The smallest absolute Gasteiger partial charge is 0.244 e. The van der Waals surface area contributed by atoms with Crippen molar-refractivity contribution in [2.24, 2.45) is 11.8 Å². The van der Waals surface area contributed by atoms with Crippen LogP contribution in [0.15, 0.2) is 85.1 Å². The predicted molar refractivity (Wildman–Crippen MR) is 149 cm³/mol. The minimum Gasteiger partial charge on any atom is -0.458 e. The van der Waals surface area contributed by atoms with Gasteiger partial charge in [0.1, 0.15) is 6.26 Å². The van der Waals surface area contributed by atoms with Gasteiger partial charge in [0.05, 0.1) is 10.2 Å². The zero-order valence-electron chi connectivity index (χ0n) is 20.8.